The lowest BCUT2D eigenvalue weighted by Crippen LogP contribution is -2.30. The summed E-state index contributed by atoms with van der Waals surface area (Å²) in [4.78, 5) is 26.1. The highest BCUT2D eigenvalue weighted by molar-refractivity contribution is 6.13. The van der Waals surface area contributed by atoms with Crippen LogP contribution in [0.25, 0.3) is 6.08 Å². The van der Waals surface area contributed by atoms with Crippen LogP contribution in [-0.4, -0.2) is 16.8 Å². The lowest BCUT2D eigenvalue weighted by atomic mass is 10.1. The largest absolute Gasteiger partial charge is 0.489 e. The minimum Gasteiger partial charge on any atom is -0.489 e. The van der Waals surface area contributed by atoms with Gasteiger partial charge in [-0.25, -0.2) is 9.18 Å². The predicted octanol–water partition coefficient (Wildman–Crippen LogP) is 4.81. The van der Waals surface area contributed by atoms with E-state index in [1.807, 2.05) is 31.2 Å². The molecule has 3 aromatic carbocycles. The maximum atomic E-state index is 13.7. The molecule has 0 aliphatic carbocycles. The number of hydrogen-bond donors (Lipinski definition) is 1. The van der Waals surface area contributed by atoms with Crippen molar-refractivity contribution in [3.05, 3.63) is 107 Å². The van der Waals surface area contributed by atoms with Gasteiger partial charge in [0.25, 0.3) is 5.91 Å². The normalized spacial score (nSPS) is 14.8. The van der Waals surface area contributed by atoms with Gasteiger partial charge in [0.2, 0.25) is 0 Å². The highest BCUT2D eigenvalue weighted by Crippen LogP contribution is 2.20. The van der Waals surface area contributed by atoms with Gasteiger partial charge >= 0.3 is 6.03 Å². The van der Waals surface area contributed by atoms with Crippen LogP contribution in [0.1, 0.15) is 22.3 Å². The number of rotatable bonds is 6. The zero-order chi connectivity index (χ0) is 21.8. The van der Waals surface area contributed by atoms with Crippen molar-refractivity contribution < 1.29 is 18.7 Å². The van der Waals surface area contributed by atoms with E-state index in [4.69, 9.17) is 4.74 Å². The molecule has 6 heteroatoms. The molecule has 156 valence electrons. The number of carbonyl (C=O) groups excluding carboxylic acids is 2. The zero-order valence-corrected chi connectivity index (χ0v) is 17.0. The summed E-state index contributed by atoms with van der Waals surface area (Å²) in [5.74, 6) is -0.104. The molecule has 1 aliphatic heterocycles. The Morgan fingerprint density at radius 2 is 1.68 bits per heavy atom. The number of imide groups is 1. The SMILES string of the molecule is Cc1ccc(CN2C(=O)N/C(=C/c3ccc(OCc4ccccc4F)cc3)C2=O)cc1. The van der Waals surface area contributed by atoms with Gasteiger partial charge in [-0.05, 0) is 42.3 Å². The fourth-order valence-corrected chi connectivity index (χ4v) is 3.19. The highest BCUT2D eigenvalue weighted by atomic mass is 19.1. The van der Waals surface area contributed by atoms with Crippen LogP contribution in [0.15, 0.2) is 78.5 Å². The maximum Gasteiger partial charge on any atom is 0.329 e. The van der Waals surface area contributed by atoms with E-state index in [1.165, 1.54) is 11.0 Å². The molecule has 0 spiro atoms. The molecule has 0 atom stereocenters. The Bertz CT molecular complexity index is 1140. The minimum atomic E-state index is -0.443. The Morgan fingerprint density at radius 3 is 2.39 bits per heavy atom. The molecule has 0 radical (unpaired) electrons. The van der Waals surface area contributed by atoms with E-state index in [0.717, 1.165) is 16.7 Å². The summed E-state index contributed by atoms with van der Waals surface area (Å²) >= 11 is 0. The van der Waals surface area contributed by atoms with Crippen LogP contribution in [-0.2, 0) is 17.9 Å². The number of carbonyl (C=O) groups is 2. The second kappa shape index (κ2) is 8.83. The summed E-state index contributed by atoms with van der Waals surface area (Å²) in [6.45, 7) is 2.31. The van der Waals surface area contributed by atoms with Crippen LogP contribution in [0.4, 0.5) is 9.18 Å². The first-order valence-corrected chi connectivity index (χ1v) is 9.86. The third kappa shape index (κ3) is 4.80. The summed E-state index contributed by atoms with van der Waals surface area (Å²) < 4.78 is 19.3. The van der Waals surface area contributed by atoms with Crippen LogP contribution in [0.3, 0.4) is 0 Å². The van der Waals surface area contributed by atoms with Crippen LogP contribution in [0, 0.1) is 12.7 Å². The van der Waals surface area contributed by atoms with Gasteiger partial charge in [-0.1, -0.05) is 60.2 Å². The van der Waals surface area contributed by atoms with Gasteiger partial charge in [0.05, 0.1) is 6.54 Å². The molecular formula is C25H21FN2O3. The minimum absolute atomic E-state index is 0.121. The molecule has 1 saturated heterocycles. The Labute approximate surface area is 179 Å². The molecule has 4 rings (SSSR count). The molecule has 3 amide bonds. The quantitative estimate of drug-likeness (QED) is 0.464. The molecule has 1 heterocycles. The van der Waals surface area contributed by atoms with Crippen molar-refractivity contribution in [2.75, 3.05) is 0 Å². The topological polar surface area (TPSA) is 58.6 Å². The van der Waals surface area contributed by atoms with Gasteiger partial charge in [0.15, 0.2) is 0 Å². The predicted molar refractivity (Wildman–Crippen MR) is 115 cm³/mol. The first-order chi connectivity index (χ1) is 15.0. The fraction of sp³-hybridized carbons (Fsp3) is 0.120. The summed E-state index contributed by atoms with van der Waals surface area (Å²) in [6.07, 6.45) is 1.62. The van der Waals surface area contributed by atoms with Crippen molar-refractivity contribution in [1.29, 1.82) is 0 Å². The smallest absolute Gasteiger partial charge is 0.329 e. The summed E-state index contributed by atoms with van der Waals surface area (Å²) in [5, 5.41) is 2.63. The summed E-state index contributed by atoms with van der Waals surface area (Å²) in [5.41, 5.74) is 3.42. The third-order valence-corrected chi connectivity index (χ3v) is 4.97. The molecule has 0 saturated carbocycles. The molecular weight excluding hydrogens is 395 g/mol. The number of ether oxygens (including phenoxy) is 1. The van der Waals surface area contributed by atoms with Crippen LogP contribution in [0.5, 0.6) is 5.75 Å². The number of benzene rings is 3. The Balaban J connectivity index is 1.41. The monoisotopic (exact) mass is 416 g/mol. The van der Waals surface area contributed by atoms with Gasteiger partial charge in [-0.15, -0.1) is 0 Å². The van der Waals surface area contributed by atoms with E-state index in [2.05, 4.69) is 5.32 Å². The Hall–Kier alpha value is -3.93. The van der Waals surface area contributed by atoms with Gasteiger partial charge in [0.1, 0.15) is 23.9 Å². The van der Waals surface area contributed by atoms with Gasteiger partial charge < -0.3 is 10.1 Å². The number of urea groups is 1. The molecule has 5 nitrogen and oxygen atoms in total. The van der Waals surface area contributed by atoms with Crippen molar-refractivity contribution >= 4 is 18.0 Å². The highest BCUT2D eigenvalue weighted by Gasteiger charge is 2.33. The van der Waals surface area contributed by atoms with Crippen molar-refractivity contribution in [2.45, 2.75) is 20.1 Å². The van der Waals surface area contributed by atoms with E-state index in [9.17, 15) is 14.0 Å². The van der Waals surface area contributed by atoms with E-state index >= 15 is 0 Å². The summed E-state index contributed by atoms with van der Waals surface area (Å²) in [7, 11) is 0. The number of nitrogens with one attached hydrogen (secondary N) is 1. The maximum absolute atomic E-state index is 13.7. The number of aryl methyl sites for hydroxylation is 1. The van der Waals surface area contributed by atoms with E-state index in [-0.39, 0.29) is 30.6 Å². The van der Waals surface area contributed by atoms with E-state index in [0.29, 0.717) is 11.3 Å². The van der Waals surface area contributed by atoms with Crippen molar-refractivity contribution in [1.82, 2.24) is 10.2 Å². The third-order valence-electron chi connectivity index (χ3n) is 4.97. The van der Waals surface area contributed by atoms with E-state index < -0.39 is 6.03 Å². The Morgan fingerprint density at radius 1 is 0.968 bits per heavy atom. The van der Waals surface area contributed by atoms with Crippen molar-refractivity contribution in [2.24, 2.45) is 0 Å². The number of amides is 3. The summed E-state index contributed by atoms with van der Waals surface area (Å²) in [6, 6.07) is 20.7. The van der Waals surface area contributed by atoms with Crippen LogP contribution < -0.4 is 10.1 Å². The molecule has 1 aliphatic rings. The molecule has 0 bridgehead atoms. The molecule has 1 fully saturated rings. The first-order valence-electron chi connectivity index (χ1n) is 9.86. The number of nitrogens with zero attached hydrogens (tertiary/aromatic N) is 1. The zero-order valence-electron chi connectivity index (χ0n) is 17.0. The molecule has 1 N–H and O–H groups in total. The van der Waals surface area contributed by atoms with Gasteiger partial charge in [-0.2, -0.15) is 0 Å². The van der Waals surface area contributed by atoms with Crippen LogP contribution >= 0.6 is 0 Å². The fourth-order valence-electron chi connectivity index (χ4n) is 3.19. The first kappa shape index (κ1) is 20.3. The van der Waals surface area contributed by atoms with E-state index in [1.54, 1.807) is 48.5 Å². The lowest BCUT2D eigenvalue weighted by Gasteiger charge is -2.11. The van der Waals surface area contributed by atoms with Crippen molar-refractivity contribution in [3.63, 3.8) is 0 Å². The average molecular weight is 416 g/mol. The lowest BCUT2D eigenvalue weighted by molar-refractivity contribution is -0.123. The molecule has 31 heavy (non-hydrogen) atoms. The van der Waals surface area contributed by atoms with Crippen LogP contribution in [0.2, 0.25) is 0 Å². The molecule has 0 aromatic heterocycles. The number of halogens is 1. The molecule has 0 unspecified atom stereocenters. The Kier molecular flexibility index (Phi) is 5.80. The number of hydrogen-bond acceptors (Lipinski definition) is 3. The second-order valence-corrected chi connectivity index (χ2v) is 7.31. The van der Waals surface area contributed by atoms with Gasteiger partial charge in [-0.3, -0.25) is 9.69 Å². The molecule has 3 aromatic rings. The average Bonchev–Trinajstić information content (AvgIpc) is 3.03. The van der Waals surface area contributed by atoms with Gasteiger partial charge in [0, 0.05) is 5.56 Å². The standard InChI is InChI=1S/C25H21FN2O3/c1-17-6-8-19(9-7-17)15-28-24(29)23(27-25(28)30)14-18-10-12-21(13-11-18)31-16-20-4-2-3-5-22(20)26/h2-14H,15-16H2,1H3,(H,27,30)/b23-14+. The second-order valence-electron chi connectivity index (χ2n) is 7.31. The van der Waals surface area contributed by atoms with Crippen molar-refractivity contribution in [3.8, 4) is 5.75 Å².